The van der Waals surface area contributed by atoms with Gasteiger partial charge in [0.05, 0.1) is 7.11 Å². The lowest BCUT2D eigenvalue weighted by atomic mass is 9.84. The largest absolute Gasteiger partial charge is 0.493 e. The second-order valence-electron chi connectivity index (χ2n) is 9.07. The fourth-order valence-electron chi connectivity index (χ4n) is 4.67. The molecule has 0 unspecified atom stereocenters. The van der Waals surface area contributed by atoms with Crippen LogP contribution in [-0.2, 0) is 19.8 Å². The second kappa shape index (κ2) is 10.7. The van der Waals surface area contributed by atoms with E-state index in [2.05, 4.69) is 72.6 Å². The van der Waals surface area contributed by atoms with Crippen LogP contribution in [0.2, 0.25) is 0 Å². The van der Waals surface area contributed by atoms with Crippen LogP contribution >= 0.6 is 0 Å². The number of likely N-dealkylation sites (N-methyl/N-ethyl adjacent to an activating group) is 1. The van der Waals surface area contributed by atoms with Crippen LogP contribution in [0.1, 0.15) is 33.7 Å². The number of hydrogen-bond acceptors (Lipinski definition) is 4. The van der Waals surface area contributed by atoms with Crippen molar-refractivity contribution in [2.75, 3.05) is 20.7 Å². The molecule has 0 aliphatic carbocycles. The number of fused-ring (bicyclic) bond motifs is 1. The van der Waals surface area contributed by atoms with E-state index in [1.165, 1.54) is 16.7 Å². The first-order chi connectivity index (χ1) is 17.2. The molecule has 0 spiro atoms. The third-order valence-corrected chi connectivity index (χ3v) is 6.50. The Morgan fingerprint density at radius 1 is 0.743 bits per heavy atom. The number of nitrogens with zero attached hydrogens (tertiary/aromatic N) is 1. The van der Waals surface area contributed by atoms with E-state index in [1.807, 2.05) is 36.4 Å². The summed E-state index contributed by atoms with van der Waals surface area (Å²) in [5, 5.41) is 0. The molecule has 4 nitrogen and oxygen atoms in total. The first-order valence-electron chi connectivity index (χ1n) is 12.0. The van der Waals surface area contributed by atoms with Gasteiger partial charge < -0.3 is 19.1 Å². The minimum atomic E-state index is 0.254. The number of benzene rings is 4. The molecule has 0 saturated carbocycles. The molecule has 35 heavy (non-hydrogen) atoms. The van der Waals surface area contributed by atoms with Crippen molar-refractivity contribution in [3.05, 3.63) is 125 Å². The summed E-state index contributed by atoms with van der Waals surface area (Å²) >= 11 is 0. The smallest absolute Gasteiger partial charge is 0.162 e. The van der Waals surface area contributed by atoms with Crippen LogP contribution in [-0.4, -0.2) is 25.6 Å². The van der Waals surface area contributed by atoms with Crippen molar-refractivity contribution in [3.63, 3.8) is 0 Å². The maximum absolute atomic E-state index is 6.18. The Hall–Kier alpha value is -3.76. The maximum atomic E-state index is 6.18. The van der Waals surface area contributed by atoms with E-state index in [0.717, 1.165) is 41.5 Å². The van der Waals surface area contributed by atoms with E-state index >= 15 is 0 Å². The quantitative estimate of drug-likeness (QED) is 0.300. The van der Waals surface area contributed by atoms with Crippen LogP contribution in [0, 0.1) is 0 Å². The van der Waals surface area contributed by atoms with Crippen molar-refractivity contribution < 1.29 is 14.2 Å². The van der Waals surface area contributed by atoms with Gasteiger partial charge in [-0.15, -0.1) is 0 Å². The molecule has 0 radical (unpaired) electrons. The van der Waals surface area contributed by atoms with Crippen molar-refractivity contribution in [2.45, 2.75) is 25.7 Å². The summed E-state index contributed by atoms with van der Waals surface area (Å²) in [4.78, 5) is 2.36. The molecular weight excluding hydrogens is 434 g/mol. The molecule has 0 saturated heterocycles. The molecule has 4 heteroatoms. The zero-order valence-corrected chi connectivity index (χ0v) is 20.3. The second-order valence-corrected chi connectivity index (χ2v) is 9.07. The van der Waals surface area contributed by atoms with Crippen molar-refractivity contribution in [2.24, 2.45) is 0 Å². The standard InChI is InChI=1S/C31H31NO3/c1-32-19-26-17-31(35-22-24-11-7-4-8-12-24)30(33-2)18-28(26)29(20-32)25-13-15-27(16-14-25)34-21-23-9-5-3-6-10-23/h3-18,29H,19-22H2,1-2H3/t29-/m1/s1. The first-order valence-corrected chi connectivity index (χ1v) is 12.0. The normalized spacial score (nSPS) is 15.3. The topological polar surface area (TPSA) is 30.9 Å². The number of rotatable bonds is 8. The summed E-state index contributed by atoms with van der Waals surface area (Å²) in [5.41, 5.74) is 6.14. The Bertz CT molecular complexity index is 1240. The van der Waals surface area contributed by atoms with Gasteiger partial charge in [-0.2, -0.15) is 0 Å². The SMILES string of the molecule is COc1cc2c(cc1OCc1ccccc1)CN(C)C[C@@H]2c1ccc(OCc2ccccc2)cc1. The van der Waals surface area contributed by atoms with E-state index in [4.69, 9.17) is 14.2 Å². The van der Waals surface area contributed by atoms with Gasteiger partial charge in [0.25, 0.3) is 0 Å². The van der Waals surface area contributed by atoms with Gasteiger partial charge >= 0.3 is 0 Å². The average molecular weight is 466 g/mol. The molecule has 0 bridgehead atoms. The summed E-state index contributed by atoms with van der Waals surface area (Å²) in [6.07, 6.45) is 0. The van der Waals surface area contributed by atoms with Crippen LogP contribution in [0.3, 0.4) is 0 Å². The van der Waals surface area contributed by atoms with E-state index < -0.39 is 0 Å². The number of hydrogen-bond donors (Lipinski definition) is 0. The van der Waals surface area contributed by atoms with Gasteiger partial charge in [0.15, 0.2) is 11.5 Å². The highest BCUT2D eigenvalue weighted by atomic mass is 16.5. The predicted octanol–water partition coefficient (Wildman–Crippen LogP) is 6.43. The van der Waals surface area contributed by atoms with E-state index in [1.54, 1.807) is 7.11 Å². The molecule has 1 atom stereocenters. The minimum Gasteiger partial charge on any atom is -0.493 e. The van der Waals surface area contributed by atoms with Crippen molar-refractivity contribution >= 4 is 0 Å². The van der Waals surface area contributed by atoms with Gasteiger partial charge in [0.2, 0.25) is 0 Å². The summed E-state index contributed by atoms with van der Waals surface area (Å²) in [5.74, 6) is 2.69. The van der Waals surface area contributed by atoms with Crippen LogP contribution < -0.4 is 14.2 Å². The lowest BCUT2D eigenvalue weighted by Gasteiger charge is -2.33. The van der Waals surface area contributed by atoms with Gasteiger partial charge in [-0.05, 0) is 59.1 Å². The third-order valence-electron chi connectivity index (χ3n) is 6.50. The van der Waals surface area contributed by atoms with Crippen LogP contribution in [0.4, 0.5) is 0 Å². The lowest BCUT2D eigenvalue weighted by molar-refractivity contribution is 0.274. The Morgan fingerprint density at radius 3 is 2.00 bits per heavy atom. The molecule has 1 heterocycles. The minimum absolute atomic E-state index is 0.254. The van der Waals surface area contributed by atoms with Crippen LogP contribution in [0.25, 0.3) is 0 Å². The van der Waals surface area contributed by atoms with Gasteiger partial charge in [0.1, 0.15) is 19.0 Å². The van der Waals surface area contributed by atoms with Crippen LogP contribution in [0.5, 0.6) is 17.2 Å². The van der Waals surface area contributed by atoms with Gasteiger partial charge in [-0.3, -0.25) is 0 Å². The summed E-state index contributed by atoms with van der Waals surface area (Å²) in [6.45, 7) is 2.91. The molecular formula is C31H31NO3. The monoisotopic (exact) mass is 465 g/mol. The first kappa shape index (κ1) is 23.0. The van der Waals surface area contributed by atoms with E-state index in [0.29, 0.717) is 13.2 Å². The molecule has 0 fully saturated rings. The molecule has 1 aliphatic heterocycles. The van der Waals surface area contributed by atoms with Crippen molar-refractivity contribution in [1.29, 1.82) is 0 Å². The lowest BCUT2D eigenvalue weighted by Crippen LogP contribution is -2.31. The summed E-state index contributed by atoms with van der Waals surface area (Å²) in [6, 6.07) is 33.3. The summed E-state index contributed by atoms with van der Waals surface area (Å²) in [7, 11) is 3.88. The van der Waals surface area contributed by atoms with Crippen molar-refractivity contribution in [1.82, 2.24) is 4.90 Å². The molecule has 4 aromatic carbocycles. The fourth-order valence-corrected chi connectivity index (χ4v) is 4.67. The number of ether oxygens (including phenoxy) is 3. The van der Waals surface area contributed by atoms with E-state index in [-0.39, 0.29) is 5.92 Å². The highest BCUT2D eigenvalue weighted by Gasteiger charge is 2.27. The summed E-state index contributed by atoms with van der Waals surface area (Å²) < 4.78 is 17.9. The highest BCUT2D eigenvalue weighted by Crippen LogP contribution is 2.40. The molecule has 0 N–H and O–H groups in total. The maximum Gasteiger partial charge on any atom is 0.162 e. The third kappa shape index (κ3) is 5.50. The zero-order valence-electron chi connectivity index (χ0n) is 20.3. The van der Waals surface area contributed by atoms with Gasteiger partial charge in [0, 0.05) is 19.0 Å². The fraction of sp³-hybridized carbons (Fsp3) is 0.226. The Labute approximate surface area is 207 Å². The highest BCUT2D eigenvalue weighted by molar-refractivity contribution is 5.52. The van der Waals surface area contributed by atoms with E-state index in [9.17, 15) is 0 Å². The molecule has 178 valence electrons. The zero-order chi connectivity index (χ0) is 24.0. The Kier molecular flexibility index (Phi) is 7.01. The van der Waals surface area contributed by atoms with Crippen LogP contribution in [0.15, 0.2) is 97.1 Å². The predicted molar refractivity (Wildman–Crippen MR) is 139 cm³/mol. The Morgan fingerprint density at radius 2 is 1.37 bits per heavy atom. The molecule has 4 aromatic rings. The molecule has 0 aromatic heterocycles. The Balaban J connectivity index is 1.35. The number of methoxy groups -OCH3 is 1. The molecule has 0 amide bonds. The molecule has 5 rings (SSSR count). The van der Waals surface area contributed by atoms with Gasteiger partial charge in [-0.25, -0.2) is 0 Å². The van der Waals surface area contributed by atoms with Gasteiger partial charge in [-0.1, -0.05) is 72.8 Å². The van der Waals surface area contributed by atoms with Crippen molar-refractivity contribution in [3.8, 4) is 17.2 Å². The molecule has 1 aliphatic rings. The average Bonchev–Trinajstić information content (AvgIpc) is 2.91.